The molecule has 0 saturated heterocycles. The molecule has 0 aromatic carbocycles. The highest BCUT2D eigenvalue weighted by Crippen LogP contribution is 2.49. The van der Waals surface area contributed by atoms with Gasteiger partial charge in [0.2, 0.25) is 0 Å². The van der Waals surface area contributed by atoms with Gasteiger partial charge in [0.15, 0.2) is 0 Å². The molecule has 1 N–H and O–H groups in total. The molecule has 94 valence electrons. The first-order valence-electron chi connectivity index (χ1n) is 6.89. The van der Waals surface area contributed by atoms with E-state index in [0.29, 0.717) is 11.6 Å². The molecular weight excluding hydrogens is 222 g/mol. The average molecular weight is 241 g/mol. The molecule has 0 aliphatic heterocycles. The van der Waals surface area contributed by atoms with Crippen molar-refractivity contribution in [1.82, 2.24) is 4.98 Å². The first-order valence-corrected chi connectivity index (χ1v) is 6.89. The van der Waals surface area contributed by atoms with Crippen LogP contribution in [0.3, 0.4) is 0 Å². The number of anilines is 1. The van der Waals surface area contributed by atoms with Gasteiger partial charge in [-0.25, -0.2) is 4.98 Å². The van der Waals surface area contributed by atoms with E-state index < -0.39 is 0 Å². The van der Waals surface area contributed by atoms with Gasteiger partial charge in [-0.2, -0.15) is 5.26 Å². The summed E-state index contributed by atoms with van der Waals surface area (Å²) in [5.41, 5.74) is 0.646. The molecule has 2 aliphatic carbocycles. The third-order valence-electron chi connectivity index (χ3n) is 4.73. The van der Waals surface area contributed by atoms with E-state index in [4.69, 9.17) is 5.26 Å². The zero-order chi connectivity index (χ0) is 12.5. The Bertz CT molecular complexity index is 477. The molecule has 1 aromatic rings. The molecular formula is C15H19N3. The zero-order valence-electron chi connectivity index (χ0n) is 10.8. The van der Waals surface area contributed by atoms with Crippen LogP contribution in [0.15, 0.2) is 18.3 Å². The number of hydrogen-bond acceptors (Lipinski definition) is 3. The van der Waals surface area contributed by atoms with Gasteiger partial charge in [0, 0.05) is 12.2 Å². The van der Waals surface area contributed by atoms with E-state index in [9.17, 15) is 0 Å². The minimum atomic E-state index is 0.419. The smallest absolute Gasteiger partial charge is 0.144 e. The summed E-state index contributed by atoms with van der Waals surface area (Å²) in [7, 11) is 0. The summed E-state index contributed by atoms with van der Waals surface area (Å²) in [6, 6.07) is 6.25. The molecule has 3 nitrogen and oxygen atoms in total. The number of hydrogen-bond donors (Lipinski definition) is 1. The van der Waals surface area contributed by atoms with Crippen LogP contribution in [-0.2, 0) is 0 Å². The van der Waals surface area contributed by atoms with Crippen LogP contribution in [0.5, 0.6) is 0 Å². The largest absolute Gasteiger partial charge is 0.366 e. The van der Waals surface area contributed by atoms with Gasteiger partial charge in [-0.3, -0.25) is 0 Å². The van der Waals surface area contributed by atoms with Gasteiger partial charge in [0.25, 0.3) is 0 Å². The summed E-state index contributed by atoms with van der Waals surface area (Å²) >= 11 is 0. The molecule has 1 aromatic heterocycles. The van der Waals surface area contributed by atoms with Gasteiger partial charge in [-0.1, -0.05) is 6.42 Å². The number of fused-ring (bicyclic) bond motifs is 2. The summed E-state index contributed by atoms with van der Waals surface area (Å²) in [5, 5.41) is 12.5. The number of nitrogens with one attached hydrogen (secondary N) is 1. The minimum absolute atomic E-state index is 0.419. The Kier molecular flexibility index (Phi) is 2.95. The van der Waals surface area contributed by atoms with Crippen molar-refractivity contribution in [3.63, 3.8) is 0 Å². The van der Waals surface area contributed by atoms with Crippen molar-refractivity contribution in [2.75, 3.05) is 5.32 Å². The number of rotatable bonds is 3. The monoisotopic (exact) mass is 241 g/mol. The second-order valence-corrected chi connectivity index (χ2v) is 5.78. The summed E-state index contributed by atoms with van der Waals surface area (Å²) < 4.78 is 0. The normalized spacial score (nSPS) is 31.0. The molecule has 0 unspecified atom stereocenters. The second-order valence-electron chi connectivity index (χ2n) is 5.78. The van der Waals surface area contributed by atoms with Gasteiger partial charge in [0.1, 0.15) is 11.9 Å². The van der Waals surface area contributed by atoms with Gasteiger partial charge < -0.3 is 5.32 Å². The fraction of sp³-hybridized carbons (Fsp3) is 0.600. The maximum Gasteiger partial charge on any atom is 0.144 e. The van der Waals surface area contributed by atoms with E-state index in [1.54, 1.807) is 6.20 Å². The van der Waals surface area contributed by atoms with Crippen molar-refractivity contribution >= 4 is 5.82 Å². The molecule has 0 spiro atoms. The fourth-order valence-electron chi connectivity index (χ4n) is 3.84. The van der Waals surface area contributed by atoms with Gasteiger partial charge in [0.05, 0.1) is 5.56 Å². The lowest BCUT2D eigenvalue weighted by molar-refractivity contribution is 0.304. The van der Waals surface area contributed by atoms with E-state index in [0.717, 1.165) is 23.6 Å². The molecule has 2 saturated carbocycles. The molecule has 18 heavy (non-hydrogen) atoms. The fourth-order valence-corrected chi connectivity index (χ4v) is 3.84. The van der Waals surface area contributed by atoms with E-state index in [1.165, 1.54) is 25.7 Å². The van der Waals surface area contributed by atoms with E-state index >= 15 is 0 Å². The Labute approximate surface area is 108 Å². The highest BCUT2D eigenvalue weighted by molar-refractivity contribution is 5.51. The predicted molar refractivity (Wildman–Crippen MR) is 71.0 cm³/mol. The topological polar surface area (TPSA) is 48.7 Å². The Morgan fingerprint density at radius 1 is 1.44 bits per heavy atom. The van der Waals surface area contributed by atoms with Crippen LogP contribution in [0, 0.1) is 29.1 Å². The molecule has 3 heteroatoms. The first-order chi connectivity index (χ1) is 8.78. The third-order valence-corrected chi connectivity index (χ3v) is 4.73. The zero-order valence-corrected chi connectivity index (χ0v) is 10.8. The Morgan fingerprint density at radius 3 is 3.00 bits per heavy atom. The molecule has 0 radical (unpaired) electrons. The van der Waals surface area contributed by atoms with Crippen LogP contribution < -0.4 is 5.32 Å². The lowest BCUT2D eigenvalue weighted by atomic mass is 9.84. The summed E-state index contributed by atoms with van der Waals surface area (Å²) in [5.74, 6) is 3.36. The van der Waals surface area contributed by atoms with Gasteiger partial charge in [-0.05, 0) is 56.1 Å². The number of nitrogens with zero attached hydrogens (tertiary/aromatic N) is 2. The first kappa shape index (κ1) is 11.5. The number of pyridine rings is 1. The molecule has 0 amide bonds. The van der Waals surface area contributed by atoms with Crippen molar-refractivity contribution < 1.29 is 0 Å². The maximum absolute atomic E-state index is 9.07. The van der Waals surface area contributed by atoms with Crippen LogP contribution in [-0.4, -0.2) is 11.0 Å². The lowest BCUT2D eigenvalue weighted by Crippen LogP contribution is -2.30. The Morgan fingerprint density at radius 2 is 2.33 bits per heavy atom. The van der Waals surface area contributed by atoms with Crippen LogP contribution in [0.2, 0.25) is 0 Å². The van der Waals surface area contributed by atoms with Crippen LogP contribution >= 0.6 is 0 Å². The van der Waals surface area contributed by atoms with Crippen LogP contribution in [0.4, 0.5) is 5.82 Å². The highest BCUT2D eigenvalue weighted by atomic mass is 15.0. The number of aromatic nitrogens is 1. The van der Waals surface area contributed by atoms with Crippen molar-refractivity contribution in [3.8, 4) is 6.07 Å². The lowest BCUT2D eigenvalue weighted by Gasteiger charge is -2.29. The van der Waals surface area contributed by atoms with Gasteiger partial charge >= 0.3 is 0 Å². The molecule has 2 bridgehead atoms. The molecule has 4 atom stereocenters. The van der Waals surface area contributed by atoms with Crippen molar-refractivity contribution in [2.45, 2.75) is 38.6 Å². The van der Waals surface area contributed by atoms with E-state index in [2.05, 4.69) is 23.3 Å². The molecule has 2 aliphatic rings. The van der Waals surface area contributed by atoms with Crippen LogP contribution in [0.1, 0.15) is 38.2 Å². The quantitative estimate of drug-likeness (QED) is 0.884. The Balaban J connectivity index is 1.71. The SMILES string of the molecule is C[C@H](Nc1ncccc1C#N)[C@H]1C[C@@H]2CC[C@@H]1C2. The van der Waals surface area contributed by atoms with Crippen molar-refractivity contribution in [2.24, 2.45) is 17.8 Å². The summed E-state index contributed by atoms with van der Waals surface area (Å²) in [4.78, 5) is 4.29. The number of nitriles is 1. The van der Waals surface area contributed by atoms with Crippen LogP contribution in [0.25, 0.3) is 0 Å². The Hall–Kier alpha value is -1.56. The second kappa shape index (κ2) is 4.61. The van der Waals surface area contributed by atoms with E-state index in [-0.39, 0.29) is 0 Å². The van der Waals surface area contributed by atoms with Crippen molar-refractivity contribution in [1.29, 1.82) is 5.26 Å². The third kappa shape index (κ3) is 1.96. The molecule has 3 rings (SSSR count). The predicted octanol–water partition coefficient (Wildman–Crippen LogP) is 3.19. The van der Waals surface area contributed by atoms with Crippen molar-refractivity contribution in [3.05, 3.63) is 23.9 Å². The maximum atomic E-state index is 9.07. The molecule has 2 fully saturated rings. The minimum Gasteiger partial charge on any atom is -0.366 e. The average Bonchev–Trinajstić information content (AvgIpc) is 3.01. The summed E-state index contributed by atoms with van der Waals surface area (Å²) in [6.45, 7) is 2.24. The van der Waals surface area contributed by atoms with E-state index in [1.807, 2.05) is 12.1 Å². The molecule has 1 heterocycles. The highest BCUT2D eigenvalue weighted by Gasteiger charge is 2.41. The summed E-state index contributed by atoms with van der Waals surface area (Å²) in [6.07, 6.45) is 7.35. The standard InChI is InChI=1S/C15H19N3/c1-10(14-8-11-4-5-12(14)7-11)18-15-13(9-16)3-2-6-17-15/h2-3,6,10-12,14H,4-5,7-8H2,1H3,(H,17,18)/t10-,11+,12+,14+/m0/s1. The van der Waals surface area contributed by atoms with Gasteiger partial charge in [-0.15, -0.1) is 0 Å².